The van der Waals surface area contributed by atoms with Gasteiger partial charge >= 0.3 is 0 Å². The highest BCUT2D eigenvalue weighted by Gasteiger charge is 2.24. The van der Waals surface area contributed by atoms with Crippen molar-refractivity contribution in [3.05, 3.63) is 29.8 Å². The normalized spacial score (nSPS) is 19.6. The number of hydrogen-bond donors (Lipinski definition) is 0. The van der Waals surface area contributed by atoms with E-state index >= 15 is 0 Å². The summed E-state index contributed by atoms with van der Waals surface area (Å²) in [6.07, 6.45) is 1.30. The van der Waals surface area contributed by atoms with Crippen molar-refractivity contribution in [2.45, 2.75) is 20.3 Å². The van der Waals surface area contributed by atoms with Gasteiger partial charge in [-0.1, -0.05) is 26.0 Å². The molecule has 0 N–H and O–H groups in total. The quantitative estimate of drug-likeness (QED) is 0.814. The lowest BCUT2D eigenvalue weighted by molar-refractivity contribution is 0.227. The number of para-hydroxylation sites is 1. The molecular weight excluding hydrogens is 236 g/mol. The van der Waals surface area contributed by atoms with Gasteiger partial charge in [-0.2, -0.15) is 5.26 Å². The number of nitrogens with zero attached hydrogens (tertiary/aromatic N) is 2. The van der Waals surface area contributed by atoms with Crippen molar-refractivity contribution in [1.29, 1.82) is 5.26 Å². The third-order valence-corrected chi connectivity index (χ3v) is 3.92. The molecule has 1 aromatic carbocycles. The SMILES string of the molecule is CC(C)C1CCN(CCOc2ccccc2C#N)C1. The molecule has 1 aliphatic rings. The summed E-state index contributed by atoms with van der Waals surface area (Å²) in [7, 11) is 0. The summed E-state index contributed by atoms with van der Waals surface area (Å²) in [5.41, 5.74) is 0.615. The standard InChI is InChI=1S/C16H22N2O/c1-13(2)15-7-8-18(12-15)9-10-19-16-6-4-3-5-14(16)11-17/h3-6,13,15H,7-10,12H2,1-2H3. The lowest BCUT2D eigenvalue weighted by Crippen LogP contribution is -2.27. The fourth-order valence-corrected chi connectivity index (χ4v) is 2.58. The Morgan fingerprint density at radius 2 is 2.21 bits per heavy atom. The van der Waals surface area contributed by atoms with Crippen LogP contribution in [0, 0.1) is 23.2 Å². The van der Waals surface area contributed by atoms with Gasteiger partial charge in [-0.15, -0.1) is 0 Å². The molecule has 19 heavy (non-hydrogen) atoms. The zero-order valence-corrected chi connectivity index (χ0v) is 11.8. The van der Waals surface area contributed by atoms with Gasteiger partial charge < -0.3 is 4.74 Å². The lowest BCUT2D eigenvalue weighted by Gasteiger charge is -2.18. The number of ether oxygens (including phenoxy) is 1. The van der Waals surface area contributed by atoms with Gasteiger partial charge in [0.2, 0.25) is 0 Å². The highest BCUT2D eigenvalue weighted by molar-refractivity contribution is 5.42. The number of likely N-dealkylation sites (tertiary alicyclic amines) is 1. The summed E-state index contributed by atoms with van der Waals surface area (Å²) in [6, 6.07) is 9.57. The molecule has 1 fully saturated rings. The average molecular weight is 258 g/mol. The topological polar surface area (TPSA) is 36.3 Å². The van der Waals surface area contributed by atoms with Crippen LogP contribution in [-0.4, -0.2) is 31.1 Å². The van der Waals surface area contributed by atoms with E-state index in [9.17, 15) is 0 Å². The molecule has 0 amide bonds. The highest BCUT2D eigenvalue weighted by Crippen LogP contribution is 2.23. The van der Waals surface area contributed by atoms with Gasteiger partial charge in [0.05, 0.1) is 5.56 Å². The zero-order valence-electron chi connectivity index (χ0n) is 11.8. The van der Waals surface area contributed by atoms with E-state index < -0.39 is 0 Å². The fourth-order valence-electron chi connectivity index (χ4n) is 2.58. The summed E-state index contributed by atoms with van der Waals surface area (Å²) < 4.78 is 5.72. The van der Waals surface area contributed by atoms with E-state index in [1.807, 2.05) is 18.2 Å². The molecule has 3 heteroatoms. The van der Waals surface area contributed by atoms with Crippen LogP contribution >= 0.6 is 0 Å². The molecule has 1 atom stereocenters. The Labute approximate surface area is 115 Å². The molecule has 1 aromatic rings. The largest absolute Gasteiger partial charge is 0.491 e. The summed E-state index contributed by atoms with van der Waals surface area (Å²) in [6.45, 7) is 8.56. The van der Waals surface area contributed by atoms with Crippen molar-refractivity contribution in [2.75, 3.05) is 26.2 Å². The van der Waals surface area contributed by atoms with Crippen LogP contribution in [0.4, 0.5) is 0 Å². The number of hydrogen-bond acceptors (Lipinski definition) is 3. The number of rotatable bonds is 5. The molecule has 0 aliphatic carbocycles. The molecule has 102 valence electrons. The monoisotopic (exact) mass is 258 g/mol. The van der Waals surface area contributed by atoms with Crippen molar-refractivity contribution < 1.29 is 4.74 Å². The Morgan fingerprint density at radius 1 is 1.42 bits per heavy atom. The van der Waals surface area contributed by atoms with Gasteiger partial charge in [0.25, 0.3) is 0 Å². The van der Waals surface area contributed by atoms with Gasteiger partial charge in [0.1, 0.15) is 18.4 Å². The second kappa shape index (κ2) is 6.58. The maximum atomic E-state index is 8.98. The van der Waals surface area contributed by atoms with Gasteiger partial charge in [0.15, 0.2) is 0 Å². The molecule has 0 bridgehead atoms. The van der Waals surface area contributed by atoms with E-state index in [1.54, 1.807) is 6.07 Å². The van der Waals surface area contributed by atoms with E-state index in [1.165, 1.54) is 19.5 Å². The molecular formula is C16H22N2O. The second-order valence-electron chi connectivity index (χ2n) is 5.55. The fraction of sp³-hybridized carbons (Fsp3) is 0.562. The van der Waals surface area contributed by atoms with Crippen LogP contribution in [0.25, 0.3) is 0 Å². The first-order chi connectivity index (χ1) is 9.20. The zero-order chi connectivity index (χ0) is 13.7. The van der Waals surface area contributed by atoms with Crippen LogP contribution in [-0.2, 0) is 0 Å². The minimum Gasteiger partial charge on any atom is -0.491 e. The third kappa shape index (κ3) is 3.71. The Morgan fingerprint density at radius 3 is 2.89 bits per heavy atom. The maximum Gasteiger partial charge on any atom is 0.137 e. The smallest absolute Gasteiger partial charge is 0.137 e. The Bertz CT molecular complexity index is 450. The van der Waals surface area contributed by atoms with Crippen LogP contribution in [0.3, 0.4) is 0 Å². The molecule has 2 rings (SSSR count). The summed E-state index contributed by atoms with van der Waals surface area (Å²) >= 11 is 0. The highest BCUT2D eigenvalue weighted by atomic mass is 16.5. The first kappa shape index (κ1) is 13.9. The Balaban J connectivity index is 1.77. The molecule has 1 aliphatic heterocycles. The van der Waals surface area contributed by atoms with E-state index in [0.717, 1.165) is 18.4 Å². The third-order valence-electron chi connectivity index (χ3n) is 3.92. The Kier molecular flexibility index (Phi) is 4.81. The van der Waals surface area contributed by atoms with Crippen molar-refractivity contribution >= 4 is 0 Å². The van der Waals surface area contributed by atoms with Gasteiger partial charge in [-0.3, -0.25) is 4.90 Å². The van der Waals surface area contributed by atoms with E-state index in [4.69, 9.17) is 10.00 Å². The number of benzene rings is 1. The molecule has 1 unspecified atom stereocenters. The van der Waals surface area contributed by atoms with E-state index in [0.29, 0.717) is 17.9 Å². The van der Waals surface area contributed by atoms with Crippen molar-refractivity contribution in [3.8, 4) is 11.8 Å². The van der Waals surface area contributed by atoms with Gasteiger partial charge in [-0.25, -0.2) is 0 Å². The van der Waals surface area contributed by atoms with Gasteiger partial charge in [-0.05, 0) is 36.9 Å². The van der Waals surface area contributed by atoms with Crippen molar-refractivity contribution in [2.24, 2.45) is 11.8 Å². The molecule has 1 heterocycles. The Hall–Kier alpha value is -1.53. The van der Waals surface area contributed by atoms with Crippen molar-refractivity contribution in [1.82, 2.24) is 4.90 Å². The average Bonchev–Trinajstić information content (AvgIpc) is 2.88. The molecule has 1 saturated heterocycles. The van der Waals surface area contributed by atoms with Crippen LogP contribution in [0.15, 0.2) is 24.3 Å². The molecule has 0 spiro atoms. The van der Waals surface area contributed by atoms with Crippen LogP contribution in [0.1, 0.15) is 25.8 Å². The van der Waals surface area contributed by atoms with E-state index in [-0.39, 0.29) is 0 Å². The first-order valence-electron chi connectivity index (χ1n) is 7.05. The second-order valence-corrected chi connectivity index (χ2v) is 5.55. The van der Waals surface area contributed by atoms with Crippen LogP contribution in [0.2, 0.25) is 0 Å². The molecule has 0 saturated carbocycles. The van der Waals surface area contributed by atoms with Gasteiger partial charge in [0, 0.05) is 13.1 Å². The lowest BCUT2D eigenvalue weighted by atomic mass is 9.95. The molecule has 0 aromatic heterocycles. The van der Waals surface area contributed by atoms with Crippen molar-refractivity contribution in [3.63, 3.8) is 0 Å². The van der Waals surface area contributed by atoms with E-state index in [2.05, 4.69) is 24.8 Å². The minimum absolute atomic E-state index is 0.615. The van der Waals surface area contributed by atoms with Crippen LogP contribution in [0.5, 0.6) is 5.75 Å². The maximum absolute atomic E-state index is 8.98. The summed E-state index contributed by atoms with van der Waals surface area (Å²) in [5, 5.41) is 8.98. The predicted octanol–water partition coefficient (Wildman–Crippen LogP) is 2.91. The van der Waals surface area contributed by atoms with Crippen LogP contribution < -0.4 is 4.74 Å². The first-order valence-corrected chi connectivity index (χ1v) is 7.05. The number of nitriles is 1. The molecule has 0 radical (unpaired) electrons. The minimum atomic E-state index is 0.615. The summed E-state index contributed by atoms with van der Waals surface area (Å²) in [5.74, 6) is 2.29. The molecule has 3 nitrogen and oxygen atoms in total. The predicted molar refractivity (Wildman–Crippen MR) is 76.0 cm³/mol. The summed E-state index contributed by atoms with van der Waals surface area (Å²) in [4.78, 5) is 2.46.